The Hall–Kier alpha value is -0.310. The smallest absolute Gasteiger partial charge is 0.323 e. The van der Waals surface area contributed by atoms with Gasteiger partial charge in [-0.3, -0.25) is 10.1 Å². The number of carboxylic acid groups (broad SMARTS) is 1. The van der Waals surface area contributed by atoms with E-state index in [-0.39, 0.29) is 6.04 Å². The molecular formula is C12H21N3O2S3. The lowest BCUT2D eigenvalue weighted by Gasteiger charge is -2.28. The summed E-state index contributed by atoms with van der Waals surface area (Å²) < 4.78 is 1.91. The lowest BCUT2D eigenvalue weighted by molar-refractivity contribution is -0.144. The molecule has 0 aliphatic rings. The maximum absolute atomic E-state index is 11.4. The Bertz CT molecular complexity index is 439. The van der Waals surface area contributed by atoms with Gasteiger partial charge in [-0.1, -0.05) is 34.9 Å². The SMILES string of the molecule is CSc1nnc(SCCCC(C)(NC(C)C)C(=O)O)s1. The van der Waals surface area contributed by atoms with E-state index >= 15 is 0 Å². The Morgan fingerprint density at radius 3 is 2.60 bits per heavy atom. The summed E-state index contributed by atoms with van der Waals surface area (Å²) in [5.41, 5.74) is -0.861. The zero-order valence-corrected chi connectivity index (χ0v) is 14.6. The molecule has 1 unspecified atom stereocenters. The van der Waals surface area contributed by atoms with Crippen molar-refractivity contribution in [3.05, 3.63) is 0 Å². The van der Waals surface area contributed by atoms with Crippen LogP contribution in [-0.4, -0.2) is 44.9 Å². The minimum atomic E-state index is -0.861. The van der Waals surface area contributed by atoms with Gasteiger partial charge < -0.3 is 5.11 Å². The summed E-state index contributed by atoms with van der Waals surface area (Å²) in [5, 5.41) is 20.6. The van der Waals surface area contributed by atoms with Gasteiger partial charge in [0.05, 0.1) is 0 Å². The van der Waals surface area contributed by atoms with Crippen LogP contribution in [0.4, 0.5) is 0 Å². The Labute approximate surface area is 132 Å². The summed E-state index contributed by atoms with van der Waals surface area (Å²) >= 11 is 4.81. The topological polar surface area (TPSA) is 75.1 Å². The Balaban J connectivity index is 2.39. The summed E-state index contributed by atoms with van der Waals surface area (Å²) in [4.78, 5) is 11.4. The summed E-state index contributed by atoms with van der Waals surface area (Å²) in [6.07, 6.45) is 3.40. The molecular weight excluding hydrogens is 314 g/mol. The predicted octanol–water partition coefficient (Wildman–Crippen LogP) is 2.97. The lowest BCUT2D eigenvalue weighted by Crippen LogP contribution is -2.52. The fourth-order valence-corrected chi connectivity index (χ4v) is 4.25. The van der Waals surface area contributed by atoms with E-state index in [4.69, 9.17) is 0 Å². The molecule has 0 aliphatic carbocycles. The highest BCUT2D eigenvalue weighted by atomic mass is 32.2. The second kappa shape index (κ2) is 8.21. The minimum absolute atomic E-state index is 0.149. The monoisotopic (exact) mass is 335 g/mol. The van der Waals surface area contributed by atoms with Crippen molar-refractivity contribution in [3.63, 3.8) is 0 Å². The first-order valence-electron chi connectivity index (χ1n) is 6.39. The maximum Gasteiger partial charge on any atom is 0.323 e. The van der Waals surface area contributed by atoms with E-state index in [9.17, 15) is 9.90 Å². The first-order valence-corrected chi connectivity index (χ1v) is 9.41. The van der Waals surface area contributed by atoms with Crippen LogP contribution in [0.5, 0.6) is 0 Å². The van der Waals surface area contributed by atoms with E-state index in [0.29, 0.717) is 6.42 Å². The molecule has 0 aliphatic heterocycles. The standard InChI is InChI=1S/C12H21N3O2S3/c1-8(2)13-12(3,9(16)17)6-5-7-19-11-15-14-10(18-4)20-11/h8,13H,5-7H2,1-4H3,(H,16,17). The van der Waals surface area contributed by atoms with Crippen molar-refractivity contribution >= 4 is 40.8 Å². The van der Waals surface area contributed by atoms with Crippen LogP contribution in [-0.2, 0) is 4.79 Å². The number of hydrogen-bond acceptors (Lipinski definition) is 7. The average Bonchev–Trinajstić information content (AvgIpc) is 2.81. The summed E-state index contributed by atoms with van der Waals surface area (Å²) in [7, 11) is 0. The van der Waals surface area contributed by atoms with Crippen molar-refractivity contribution in [2.75, 3.05) is 12.0 Å². The molecule has 0 saturated carbocycles. The number of rotatable bonds is 9. The second-order valence-corrected chi connectivity index (χ2v) is 8.30. The van der Waals surface area contributed by atoms with E-state index in [1.807, 2.05) is 20.1 Å². The number of aliphatic carboxylic acids is 1. The highest BCUT2D eigenvalue weighted by molar-refractivity contribution is 8.02. The molecule has 1 heterocycles. The van der Waals surface area contributed by atoms with Crippen molar-refractivity contribution in [1.82, 2.24) is 15.5 Å². The molecule has 1 aromatic heterocycles. The van der Waals surface area contributed by atoms with Gasteiger partial charge in [-0.05, 0) is 39.9 Å². The number of nitrogens with zero attached hydrogens (tertiary/aromatic N) is 2. The van der Waals surface area contributed by atoms with E-state index in [2.05, 4.69) is 15.5 Å². The average molecular weight is 336 g/mol. The van der Waals surface area contributed by atoms with Crippen LogP contribution in [0, 0.1) is 0 Å². The molecule has 0 spiro atoms. The first-order chi connectivity index (χ1) is 9.37. The highest BCUT2D eigenvalue weighted by Crippen LogP contribution is 2.28. The van der Waals surface area contributed by atoms with Gasteiger partial charge in [-0.2, -0.15) is 0 Å². The summed E-state index contributed by atoms with van der Waals surface area (Å²) in [6, 6.07) is 0.149. The molecule has 20 heavy (non-hydrogen) atoms. The molecule has 1 atom stereocenters. The Morgan fingerprint density at radius 2 is 2.10 bits per heavy atom. The lowest BCUT2D eigenvalue weighted by atomic mass is 9.95. The van der Waals surface area contributed by atoms with Crippen LogP contribution < -0.4 is 5.32 Å². The molecule has 5 nitrogen and oxygen atoms in total. The predicted molar refractivity (Wildman–Crippen MR) is 86.0 cm³/mol. The largest absolute Gasteiger partial charge is 0.480 e. The van der Waals surface area contributed by atoms with E-state index < -0.39 is 11.5 Å². The molecule has 114 valence electrons. The molecule has 1 aromatic rings. The second-order valence-electron chi connectivity index (χ2n) is 4.93. The zero-order chi connectivity index (χ0) is 15.2. The normalized spacial score (nSPS) is 14.4. The molecule has 1 rings (SSSR count). The third-order valence-electron chi connectivity index (χ3n) is 2.69. The van der Waals surface area contributed by atoms with Gasteiger partial charge in [-0.25, -0.2) is 0 Å². The molecule has 0 aromatic carbocycles. The van der Waals surface area contributed by atoms with E-state index in [0.717, 1.165) is 20.9 Å². The van der Waals surface area contributed by atoms with Crippen LogP contribution in [0.3, 0.4) is 0 Å². The minimum Gasteiger partial charge on any atom is -0.480 e. The molecule has 0 radical (unpaired) electrons. The van der Waals surface area contributed by atoms with Gasteiger partial charge in [0.1, 0.15) is 5.54 Å². The highest BCUT2D eigenvalue weighted by Gasteiger charge is 2.32. The molecule has 0 amide bonds. The fourth-order valence-electron chi connectivity index (χ4n) is 1.80. The van der Waals surface area contributed by atoms with Crippen molar-refractivity contribution in [2.45, 2.75) is 53.9 Å². The van der Waals surface area contributed by atoms with Crippen LogP contribution >= 0.6 is 34.9 Å². The number of aromatic nitrogens is 2. The molecule has 2 N–H and O–H groups in total. The quantitative estimate of drug-likeness (QED) is 0.531. The third kappa shape index (κ3) is 5.59. The van der Waals surface area contributed by atoms with Gasteiger partial charge in [0.2, 0.25) is 0 Å². The summed E-state index contributed by atoms with van der Waals surface area (Å²) in [6.45, 7) is 5.67. The van der Waals surface area contributed by atoms with Crippen LogP contribution in [0.25, 0.3) is 0 Å². The number of carboxylic acids is 1. The third-order valence-corrected chi connectivity index (χ3v) is 5.81. The summed E-state index contributed by atoms with van der Waals surface area (Å²) in [5.74, 6) is 0.0582. The van der Waals surface area contributed by atoms with Crippen LogP contribution in [0.15, 0.2) is 8.68 Å². The Kier molecular flexibility index (Phi) is 7.28. The Morgan fingerprint density at radius 1 is 1.45 bits per heavy atom. The van der Waals surface area contributed by atoms with Crippen molar-refractivity contribution in [3.8, 4) is 0 Å². The van der Waals surface area contributed by atoms with Crippen molar-refractivity contribution in [1.29, 1.82) is 0 Å². The van der Waals surface area contributed by atoms with E-state index in [1.54, 1.807) is 41.8 Å². The molecule has 0 bridgehead atoms. The molecule has 8 heteroatoms. The molecule has 0 saturated heterocycles. The number of thioether (sulfide) groups is 2. The molecule has 0 fully saturated rings. The van der Waals surface area contributed by atoms with Gasteiger partial charge in [-0.15, -0.1) is 10.2 Å². The van der Waals surface area contributed by atoms with Crippen LogP contribution in [0.1, 0.15) is 33.6 Å². The van der Waals surface area contributed by atoms with Crippen LogP contribution in [0.2, 0.25) is 0 Å². The number of hydrogen-bond donors (Lipinski definition) is 2. The fraction of sp³-hybridized carbons (Fsp3) is 0.750. The first kappa shape index (κ1) is 17.7. The van der Waals surface area contributed by atoms with Gasteiger partial charge in [0.25, 0.3) is 0 Å². The van der Waals surface area contributed by atoms with Gasteiger partial charge in [0, 0.05) is 11.8 Å². The van der Waals surface area contributed by atoms with Crippen molar-refractivity contribution in [2.24, 2.45) is 0 Å². The van der Waals surface area contributed by atoms with E-state index in [1.165, 1.54) is 0 Å². The maximum atomic E-state index is 11.4. The zero-order valence-electron chi connectivity index (χ0n) is 12.2. The van der Waals surface area contributed by atoms with Gasteiger partial charge >= 0.3 is 5.97 Å². The number of carbonyl (C=O) groups is 1. The number of nitrogens with one attached hydrogen (secondary N) is 1. The van der Waals surface area contributed by atoms with Crippen molar-refractivity contribution < 1.29 is 9.90 Å². The van der Waals surface area contributed by atoms with Gasteiger partial charge in [0.15, 0.2) is 8.68 Å².